The summed E-state index contributed by atoms with van der Waals surface area (Å²) in [6, 6.07) is 32.9. The summed E-state index contributed by atoms with van der Waals surface area (Å²) in [6.45, 7) is 16.7. The SMILES string of the molecule is COCCOCCOCCOc1cc2c(cc1OCCOCCOCCOC)[n+](Cc1ccc(N)cc1)c(C)n2Cc1ccccc1Cn1c(C)[n+](Cc2ccc(N)cc2)c2cc(OCCOCCOCCOC)c(OCCOCCOCCOC)cc21. The molecule has 0 aliphatic carbocycles. The third-order valence-electron chi connectivity index (χ3n) is 14.4. The molecule has 0 bridgehead atoms. The molecule has 0 atom stereocenters. The molecule has 2 aromatic heterocycles. The summed E-state index contributed by atoms with van der Waals surface area (Å²) in [7, 11) is 6.60. The van der Waals surface area contributed by atoms with Crippen LogP contribution in [0.25, 0.3) is 22.1 Å². The lowest BCUT2D eigenvalue weighted by atomic mass is 10.1. The average Bonchev–Trinajstić information content (AvgIpc) is 1.74. The van der Waals surface area contributed by atoms with E-state index in [2.05, 4.69) is 105 Å². The zero-order chi connectivity index (χ0) is 62.0. The summed E-state index contributed by atoms with van der Waals surface area (Å²) in [5.41, 5.74) is 22.1. The van der Waals surface area contributed by atoms with Crippen LogP contribution in [0.2, 0.25) is 0 Å². The lowest BCUT2D eigenvalue weighted by Crippen LogP contribution is -2.37. The third kappa shape index (κ3) is 22.1. The summed E-state index contributed by atoms with van der Waals surface area (Å²) in [5, 5.41) is 0. The Morgan fingerprint density at radius 1 is 0.330 bits per heavy atom. The molecular formula is C66H94N6O16+2. The van der Waals surface area contributed by atoms with Crippen molar-refractivity contribution in [2.45, 2.75) is 40.0 Å². The van der Waals surface area contributed by atoms with Gasteiger partial charge in [-0.15, -0.1) is 0 Å². The minimum absolute atomic E-state index is 0.283. The molecule has 482 valence electrons. The minimum Gasteiger partial charge on any atom is -0.487 e. The van der Waals surface area contributed by atoms with E-state index >= 15 is 0 Å². The molecule has 0 saturated heterocycles. The van der Waals surface area contributed by atoms with Crippen molar-refractivity contribution < 1.29 is 84.9 Å². The smallest absolute Gasteiger partial charge is 0.254 e. The van der Waals surface area contributed by atoms with Crippen molar-refractivity contribution in [3.63, 3.8) is 0 Å². The Morgan fingerprint density at radius 2 is 0.591 bits per heavy atom. The molecule has 0 aliphatic rings. The van der Waals surface area contributed by atoms with Crippen LogP contribution < -0.4 is 39.5 Å². The van der Waals surface area contributed by atoms with Gasteiger partial charge in [0.05, 0.1) is 132 Å². The van der Waals surface area contributed by atoms with Crippen LogP contribution in [-0.4, -0.2) is 196 Å². The maximum Gasteiger partial charge on any atom is 0.254 e. The molecule has 5 aromatic carbocycles. The Hall–Kier alpha value is -6.64. The molecule has 22 heteroatoms. The normalized spacial score (nSPS) is 11.6. The summed E-state index contributed by atoms with van der Waals surface area (Å²) < 4.78 is 102. The standard InChI is InChI=1S/C66H94N6O16/c1-51-69(47-53-11-15-57(67)16-12-53)59-43-63(85-39-35-81-31-27-77-23-19-73-3)65(87-41-37-83-33-29-79-25-21-75-5)45-61(59)71(51)49-55-9-7-8-10-56(55)50-72-52(2)70(48-54-13-17-58(68)18-14-54)60-44-64(86-40-36-82-32-28-78-24-20-74-4)66(46-62(60)72)88-42-38-84-34-30-80-26-22-76-6/h7-18,43-46H,19-42,47-50,67-68H2,1-6H3/q+2. The van der Waals surface area contributed by atoms with Crippen molar-refractivity contribution >= 4 is 33.4 Å². The van der Waals surface area contributed by atoms with E-state index in [1.807, 2.05) is 24.3 Å². The van der Waals surface area contributed by atoms with Gasteiger partial charge in [-0.3, -0.25) is 0 Å². The number of anilines is 2. The molecule has 2 heterocycles. The molecule has 0 radical (unpaired) electrons. The summed E-state index contributed by atoms with van der Waals surface area (Å²) in [6.07, 6.45) is 0. The number of nitrogens with two attached hydrogens (primary N) is 2. The van der Waals surface area contributed by atoms with E-state index in [9.17, 15) is 0 Å². The highest BCUT2D eigenvalue weighted by Crippen LogP contribution is 2.36. The molecule has 22 nitrogen and oxygen atoms in total. The second-order valence-corrected chi connectivity index (χ2v) is 20.5. The molecule has 7 aromatic rings. The fraction of sp³-hybridized carbons (Fsp3) is 0.515. The Morgan fingerprint density at radius 3 is 0.875 bits per heavy atom. The number of nitrogens with zero attached hydrogens (tertiary/aromatic N) is 4. The maximum absolute atomic E-state index is 6.56. The van der Waals surface area contributed by atoms with Crippen LogP contribution in [0.3, 0.4) is 0 Å². The molecule has 0 spiro atoms. The predicted octanol–water partition coefficient (Wildman–Crippen LogP) is 6.38. The van der Waals surface area contributed by atoms with E-state index in [1.165, 1.54) is 0 Å². The quantitative estimate of drug-likeness (QED) is 0.0240. The van der Waals surface area contributed by atoms with Crippen molar-refractivity contribution in [2.75, 3.05) is 198 Å². The second-order valence-electron chi connectivity index (χ2n) is 20.5. The van der Waals surface area contributed by atoms with Gasteiger partial charge in [-0.1, -0.05) is 48.5 Å². The zero-order valence-electron chi connectivity index (χ0n) is 52.5. The van der Waals surface area contributed by atoms with E-state index < -0.39 is 0 Å². The number of benzene rings is 5. The van der Waals surface area contributed by atoms with Crippen LogP contribution in [0.1, 0.15) is 33.9 Å². The number of methoxy groups -OCH3 is 4. The van der Waals surface area contributed by atoms with Crippen LogP contribution >= 0.6 is 0 Å². The summed E-state index contributed by atoms with van der Waals surface area (Å²) in [5.74, 6) is 4.39. The second kappa shape index (κ2) is 39.4. The topological polar surface area (TPSA) is 217 Å². The molecular weight excluding hydrogens is 1130 g/mol. The highest BCUT2D eigenvalue weighted by atomic mass is 16.6. The van der Waals surface area contributed by atoms with Crippen LogP contribution in [-0.2, 0) is 83.0 Å². The van der Waals surface area contributed by atoms with E-state index in [-0.39, 0.29) is 26.4 Å². The third-order valence-corrected chi connectivity index (χ3v) is 14.4. The predicted molar refractivity (Wildman–Crippen MR) is 334 cm³/mol. The summed E-state index contributed by atoms with van der Waals surface area (Å²) in [4.78, 5) is 0. The van der Waals surface area contributed by atoms with Crippen molar-refractivity contribution in [3.8, 4) is 23.0 Å². The van der Waals surface area contributed by atoms with Crippen LogP contribution in [0.15, 0.2) is 97.1 Å². The Labute approximate surface area is 518 Å². The number of imidazole rings is 2. The van der Waals surface area contributed by atoms with Gasteiger partial charge in [-0.2, -0.15) is 0 Å². The van der Waals surface area contributed by atoms with E-state index in [0.29, 0.717) is 193 Å². The lowest BCUT2D eigenvalue weighted by molar-refractivity contribution is -0.669. The van der Waals surface area contributed by atoms with E-state index in [4.69, 9.17) is 87.3 Å². The number of rotatable bonds is 48. The zero-order valence-corrected chi connectivity index (χ0v) is 52.5. The molecule has 7 rings (SSSR count). The number of nitrogen functional groups attached to an aromatic ring is 2. The van der Waals surface area contributed by atoms with Gasteiger partial charge < -0.3 is 87.3 Å². The van der Waals surface area contributed by atoms with Gasteiger partial charge in [0.2, 0.25) is 0 Å². The first-order valence-corrected chi connectivity index (χ1v) is 30.2. The average molecular weight is 1230 g/mol. The first-order chi connectivity index (χ1) is 43.2. The fourth-order valence-electron chi connectivity index (χ4n) is 9.70. The van der Waals surface area contributed by atoms with Crippen molar-refractivity contribution in [2.24, 2.45) is 0 Å². The first-order valence-electron chi connectivity index (χ1n) is 30.2. The molecule has 0 aliphatic heterocycles. The van der Waals surface area contributed by atoms with Gasteiger partial charge in [-0.25, -0.2) is 18.3 Å². The molecule has 0 saturated carbocycles. The highest BCUT2D eigenvalue weighted by molar-refractivity contribution is 5.79. The van der Waals surface area contributed by atoms with Gasteiger partial charge in [0.15, 0.2) is 45.1 Å². The number of hydrogen-bond donors (Lipinski definition) is 2. The van der Waals surface area contributed by atoms with Gasteiger partial charge in [0, 0.05) is 89.1 Å². The molecule has 88 heavy (non-hydrogen) atoms. The van der Waals surface area contributed by atoms with Crippen molar-refractivity contribution in [1.82, 2.24) is 9.13 Å². The van der Waals surface area contributed by atoms with Gasteiger partial charge in [-0.05, 0) is 35.4 Å². The highest BCUT2D eigenvalue weighted by Gasteiger charge is 2.29. The van der Waals surface area contributed by atoms with Crippen LogP contribution in [0.4, 0.5) is 11.4 Å². The molecule has 0 unspecified atom stereocenters. The van der Waals surface area contributed by atoms with Gasteiger partial charge in [0.25, 0.3) is 11.6 Å². The lowest BCUT2D eigenvalue weighted by Gasteiger charge is -2.14. The monoisotopic (exact) mass is 1230 g/mol. The molecule has 0 amide bonds. The number of fused-ring (bicyclic) bond motifs is 2. The Bertz CT molecular complexity index is 2880. The van der Waals surface area contributed by atoms with Crippen molar-refractivity contribution in [3.05, 3.63) is 131 Å². The van der Waals surface area contributed by atoms with Gasteiger partial charge in [0.1, 0.15) is 52.6 Å². The summed E-state index contributed by atoms with van der Waals surface area (Å²) >= 11 is 0. The van der Waals surface area contributed by atoms with Crippen LogP contribution in [0, 0.1) is 13.8 Å². The Kier molecular flexibility index (Phi) is 30.8. The van der Waals surface area contributed by atoms with Gasteiger partial charge >= 0.3 is 0 Å². The van der Waals surface area contributed by atoms with Crippen molar-refractivity contribution in [1.29, 1.82) is 0 Å². The molecule has 0 fully saturated rings. The van der Waals surface area contributed by atoms with E-state index in [1.54, 1.807) is 28.4 Å². The number of aromatic nitrogens is 4. The van der Waals surface area contributed by atoms with Crippen LogP contribution in [0.5, 0.6) is 23.0 Å². The Balaban J connectivity index is 1.23. The number of hydrogen-bond acceptors (Lipinski definition) is 18. The number of ether oxygens (including phenoxy) is 16. The molecule has 4 N–H and O–H groups in total. The fourth-order valence-corrected chi connectivity index (χ4v) is 9.70. The first kappa shape index (κ1) is 68.8. The largest absolute Gasteiger partial charge is 0.487 e. The van der Waals surface area contributed by atoms with E-state index in [0.717, 1.165) is 56.0 Å². The minimum atomic E-state index is 0.283. The maximum atomic E-state index is 6.56.